The summed E-state index contributed by atoms with van der Waals surface area (Å²) in [7, 11) is 0. The van der Waals surface area contributed by atoms with Gasteiger partial charge in [0.05, 0.1) is 6.10 Å². The van der Waals surface area contributed by atoms with Gasteiger partial charge in [-0.2, -0.15) is 0 Å². The zero-order valence-corrected chi connectivity index (χ0v) is 17.3. The topological polar surface area (TPSA) is 18.5 Å². The van der Waals surface area contributed by atoms with Gasteiger partial charge in [0.2, 0.25) is 5.75 Å². The van der Waals surface area contributed by atoms with E-state index in [1.807, 2.05) is 6.92 Å². The largest absolute Gasteiger partial charge is 0.573 e. The van der Waals surface area contributed by atoms with Gasteiger partial charge in [0.1, 0.15) is 0 Å². The molecule has 0 spiro atoms. The highest BCUT2D eigenvalue weighted by atomic mass is 19.4. The Labute approximate surface area is 181 Å². The minimum Gasteiger partial charge on any atom is -0.399 e. The van der Waals surface area contributed by atoms with E-state index in [0.29, 0.717) is 50.0 Å². The Hall–Kier alpha value is -2.29. The van der Waals surface area contributed by atoms with Gasteiger partial charge in [0.25, 0.3) is 5.92 Å². The van der Waals surface area contributed by atoms with Crippen LogP contribution in [0, 0.1) is 17.6 Å². The maximum atomic E-state index is 14.8. The smallest absolute Gasteiger partial charge is 0.399 e. The molecule has 32 heavy (non-hydrogen) atoms. The predicted molar refractivity (Wildman–Crippen MR) is 105 cm³/mol. The summed E-state index contributed by atoms with van der Waals surface area (Å²) in [6.45, 7) is 2.43. The second-order valence-electron chi connectivity index (χ2n) is 7.88. The highest BCUT2D eigenvalue weighted by Gasteiger charge is 2.41. The van der Waals surface area contributed by atoms with Crippen LogP contribution < -0.4 is 4.74 Å². The third kappa shape index (κ3) is 6.15. The second-order valence-corrected chi connectivity index (χ2v) is 7.88. The monoisotopic (exact) mass is 464 g/mol. The molecule has 0 bridgehead atoms. The zero-order valence-electron chi connectivity index (χ0n) is 17.3. The Morgan fingerprint density at radius 1 is 0.844 bits per heavy atom. The molecule has 0 unspecified atom stereocenters. The molecule has 1 fully saturated rings. The standard InChI is InChI=1S/C23H23F7O2/c1-2-31-18-9-7-17(8-10-18)22(26,27)13-14-3-5-15(6-4-14)16-11-19(24)21(20(25)12-16)32-23(28,29)30/h3-6,11-12,17-18H,2,7-10,13H2,1H3. The van der Waals surface area contributed by atoms with Crippen LogP contribution in [-0.4, -0.2) is 25.0 Å². The van der Waals surface area contributed by atoms with Gasteiger partial charge < -0.3 is 9.47 Å². The van der Waals surface area contributed by atoms with E-state index in [-0.39, 0.29) is 17.2 Å². The van der Waals surface area contributed by atoms with E-state index in [4.69, 9.17) is 4.74 Å². The van der Waals surface area contributed by atoms with E-state index < -0.39 is 42.0 Å². The molecule has 9 heteroatoms. The molecule has 2 nitrogen and oxygen atoms in total. The summed E-state index contributed by atoms with van der Waals surface area (Å²) in [6, 6.07) is 7.04. The highest BCUT2D eigenvalue weighted by molar-refractivity contribution is 5.65. The van der Waals surface area contributed by atoms with Crippen LogP contribution in [0.3, 0.4) is 0 Å². The van der Waals surface area contributed by atoms with E-state index >= 15 is 0 Å². The minimum absolute atomic E-state index is 0.0278. The molecule has 1 saturated carbocycles. The first kappa shape index (κ1) is 24.4. The summed E-state index contributed by atoms with van der Waals surface area (Å²) in [5.41, 5.74) is 0.580. The molecule has 0 radical (unpaired) electrons. The SMILES string of the molecule is CCOC1CCC(C(F)(F)Cc2ccc(-c3cc(F)c(OC(F)(F)F)c(F)c3)cc2)CC1. The molecule has 0 heterocycles. The summed E-state index contributed by atoms with van der Waals surface area (Å²) >= 11 is 0. The van der Waals surface area contributed by atoms with Gasteiger partial charge in [-0.15, -0.1) is 13.2 Å². The van der Waals surface area contributed by atoms with Gasteiger partial charge in [0, 0.05) is 18.9 Å². The van der Waals surface area contributed by atoms with Crippen molar-refractivity contribution in [1.82, 2.24) is 0 Å². The molecular weight excluding hydrogens is 441 g/mol. The van der Waals surface area contributed by atoms with E-state index in [0.717, 1.165) is 0 Å². The first-order valence-corrected chi connectivity index (χ1v) is 10.3. The summed E-state index contributed by atoms with van der Waals surface area (Å²) in [4.78, 5) is 0. The molecule has 3 rings (SSSR count). The fourth-order valence-corrected chi connectivity index (χ4v) is 4.06. The molecule has 0 aliphatic heterocycles. The van der Waals surface area contributed by atoms with Gasteiger partial charge in [0.15, 0.2) is 11.6 Å². The number of halogens is 7. The van der Waals surface area contributed by atoms with Crippen LogP contribution in [0.15, 0.2) is 36.4 Å². The lowest BCUT2D eigenvalue weighted by Crippen LogP contribution is -2.35. The van der Waals surface area contributed by atoms with Crippen molar-refractivity contribution in [2.75, 3.05) is 6.61 Å². The number of rotatable bonds is 7. The van der Waals surface area contributed by atoms with Crippen molar-refractivity contribution in [3.05, 3.63) is 53.6 Å². The molecule has 0 N–H and O–H groups in total. The normalized spacial score (nSPS) is 19.8. The van der Waals surface area contributed by atoms with E-state index in [1.165, 1.54) is 24.3 Å². The second kappa shape index (κ2) is 9.68. The van der Waals surface area contributed by atoms with E-state index in [2.05, 4.69) is 4.74 Å². The lowest BCUT2D eigenvalue weighted by Gasteiger charge is -2.33. The molecule has 176 valence electrons. The van der Waals surface area contributed by atoms with E-state index in [9.17, 15) is 30.7 Å². The maximum Gasteiger partial charge on any atom is 0.573 e. The Bertz CT molecular complexity index is 879. The first-order chi connectivity index (χ1) is 15.0. The summed E-state index contributed by atoms with van der Waals surface area (Å²) in [6.07, 6.45) is -3.74. The molecule has 0 saturated heterocycles. The Morgan fingerprint density at radius 2 is 1.41 bits per heavy atom. The lowest BCUT2D eigenvalue weighted by atomic mass is 9.81. The number of alkyl halides is 5. The molecule has 0 aromatic heterocycles. The average molecular weight is 464 g/mol. The number of hydrogen-bond donors (Lipinski definition) is 0. The van der Waals surface area contributed by atoms with Crippen molar-refractivity contribution < 1.29 is 40.2 Å². The van der Waals surface area contributed by atoms with Crippen molar-refractivity contribution in [3.63, 3.8) is 0 Å². The Morgan fingerprint density at radius 3 is 1.91 bits per heavy atom. The van der Waals surface area contributed by atoms with Gasteiger partial charge in [-0.05, 0) is 61.4 Å². The van der Waals surface area contributed by atoms with Crippen LogP contribution in [0.1, 0.15) is 38.2 Å². The Kier molecular flexibility index (Phi) is 7.37. The maximum absolute atomic E-state index is 14.8. The lowest BCUT2D eigenvalue weighted by molar-refractivity contribution is -0.276. The molecule has 1 aliphatic carbocycles. The molecule has 0 atom stereocenters. The summed E-state index contributed by atoms with van der Waals surface area (Å²) in [5.74, 6) is -8.24. The molecular formula is C23H23F7O2. The van der Waals surface area contributed by atoms with Gasteiger partial charge in [-0.25, -0.2) is 17.6 Å². The number of benzene rings is 2. The Balaban J connectivity index is 1.69. The van der Waals surface area contributed by atoms with Gasteiger partial charge in [-0.3, -0.25) is 0 Å². The fourth-order valence-electron chi connectivity index (χ4n) is 4.06. The third-order valence-electron chi connectivity index (χ3n) is 5.62. The number of ether oxygens (including phenoxy) is 2. The van der Waals surface area contributed by atoms with Crippen molar-refractivity contribution in [2.45, 2.75) is 57.4 Å². The van der Waals surface area contributed by atoms with Crippen molar-refractivity contribution in [1.29, 1.82) is 0 Å². The van der Waals surface area contributed by atoms with Crippen molar-refractivity contribution >= 4 is 0 Å². The average Bonchev–Trinajstić information content (AvgIpc) is 2.71. The van der Waals surface area contributed by atoms with E-state index in [1.54, 1.807) is 0 Å². The van der Waals surface area contributed by atoms with Crippen LogP contribution in [-0.2, 0) is 11.2 Å². The van der Waals surface area contributed by atoms with Crippen LogP contribution >= 0.6 is 0 Å². The first-order valence-electron chi connectivity index (χ1n) is 10.3. The predicted octanol–water partition coefficient (Wildman–Crippen LogP) is 7.30. The number of hydrogen-bond acceptors (Lipinski definition) is 2. The highest BCUT2D eigenvalue weighted by Crippen LogP contribution is 2.40. The molecule has 2 aromatic carbocycles. The molecule has 2 aromatic rings. The molecule has 0 amide bonds. The van der Waals surface area contributed by atoms with Gasteiger partial charge >= 0.3 is 6.36 Å². The zero-order chi connectivity index (χ0) is 23.5. The van der Waals surface area contributed by atoms with Crippen LogP contribution in [0.4, 0.5) is 30.7 Å². The minimum atomic E-state index is -5.24. The van der Waals surface area contributed by atoms with Crippen LogP contribution in [0.25, 0.3) is 11.1 Å². The third-order valence-corrected chi connectivity index (χ3v) is 5.62. The van der Waals surface area contributed by atoms with Gasteiger partial charge in [-0.1, -0.05) is 24.3 Å². The van der Waals surface area contributed by atoms with Crippen molar-refractivity contribution in [3.8, 4) is 16.9 Å². The molecule has 1 aliphatic rings. The van der Waals surface area contributed by atoms with Crippen LogP contribution in [0.2, 0.25) is 0 Å². The van der Waals surface area contributed by atoms with Crippen molar-refractivity contribution in [2.24, 2.45) is 5.92 Å². The summed E-state index contributed by atoms with van der Waals surface area (Å²) in [5, 5.41) is 0. The fraction of sp³-hybridized carbons (Fsp3) is 0.478. The van der Waals surface area contributed by atoms with Crippen LogP contribution in [0.5, 0.6) is 5.75 Å². The summed E-state index contributed by atoms with van der Waals surface area (Å²) < 4.78 is 103. The quantitative estimate of drug-likeness (QED) is 0.400.